The predicted molar refractivity (Wildman–Crippen MR) is 231 cm³/mol. The number of hydrogen-bond acceptors (Lipinski definition) is 11. The van der Waals surface area contributed by atoms with Crippen molar-refractivity contribution in [2.24, 2.45) is 5.92 Å². The number of carbonyl (C=O) groups is 3. The van der Waals surface area contributed by atoms with E-state index in [9.17, 15) is 14.4 Å². The second kappa shape index (κ2) is 16.0. The molecule has 3 aliphatic heterocycles. The van der Waals surface area contributed by atoms with Crippen molar-refractivity contribution in [1.29, 1.82) is 0 Å². The summed E-state index contributed by atoms with van der Waals surface area (Å²) in [6, 6.07) is 20.6. The van der Waals surface area contributed by atoms with Gasteiger partial charge in [0.05, 0.1) is 11.1 Å². The fourth-order valence-corrected chi connectivity index (χ4v) is 8.62. The van der Waals surface area contributed by atoms with Crippen LogP contribution in [0.5, 0.6) is 0 Å². The van der Waals surface area contributed by atoms with Crippen LogP contribution in [0.3, 0.4) is 0 Å². The lowest BCUT2D eigenvalue weighted by Gasteiger charge is -2.40. The maximum atomic E-state index is 12.8. The van der Waals surface area contributed by atoms with E-state index < -0.39 is 5.91 Å². The number of fused-ring (bicyclic) bond motifs is 3. The van der Waals surface area contributed by atoms with Gasteiger partial charge in [-0.25, -0.2) is 14.8 Å². The fourth-order valence-electron chi connectivity index (χ4n) is 8.62. The Bertz CT molecular complexity index is 2560. The first kappa shape index (κ1) is 39.1. The molecule has 3 aliphatic rings. The van der Waals surface area contributed by atoms with E-state index in [2.05, 4.69) is 81.8 Å². The normalized spacial score (nSPS) is 17.2. The molecule has 15 heteroatoms. The molecule has 0 spiro atoms. The van der Waals surface area contributed by atoms with Crippen molar-refractivity contribution in [2.45, 2.75) is 58.9 Å². The number of hydrogen-bond donors (Lipinski definition) is 3. The highest BCUT2D eigenvalue weighted by atomic mass is 16.5. The van der Waals surface area contributed by atoms with Gasteiger partial charge in [-0.2, -0.15) is 4.98 Å². The Hall–Kier alpha value is -6.35. The van der Waals surface area contributed by atoms with Crippen molar-refractivity contribution in [3.63, 3.8) is 0 Å². The molecule has 3 aromatic heterocycles. The molecule has 0 aliphatic carbocycles. The summed E-state index contributed by atoms with van der Waals surface area (Å²) < 4.78 is 5.22. The van der Waals surface area contributed by atoms with Crippen LogP contribution in [0.4, 0.5) is 21.9 Å². The van der Waals surface area contributed by atoms with Crippen molar-refractivity contribution < 1.29 is 18.9 Å². The van der Waals surface area contributed by atoms with Gasteiger partial charge in [-0.05, 0) is 85.3 Å². The maximum absolute atomic E-state index is 12.8. The Morgan fingerprint density at radius 1 is 0.867 bits per heavy atom. The third-order valence-corrected chi connectivity index (χ3v) is 12.2. The third-order valence-electron chi connectivity index (χ3n) is 12.2. The average molecular weight is 810 g/mol. The molecule has 3 saturated heterocycles. The number of piperidine rings is 1. The summed E-state index contributed by atoms with van der Waals surface area (Å²) in [5.74, 6) is 0.492. The smallest absolute Gasteiger partial charge is 0.328 e. The SMILES string of the molecule is Cc1cc(-c2ncnc3[nH]c4ccc(N5CCN(CC6CCN(c7ccc(N8CCC(=O)NC8=O)cc7)CC6)CC5)cc4c23)ccc1CNC(=O)c1nc(C(C)(C)C)no1. The first-order valence-corrected chi connectivity index (χ1v) is 20.9. The molecular weight excluding hydrogens is 759 g/mol. The number of imide groups is 1. The molecule has 3 fully saturated rings. The van der Waals surface area contributed by atoms with Crippen LogP contribution >= 0.6 is 0 Å². The number of anilines is 3. The average Bonchev–Trinajstić information content (AvgIpc) is 3.90. The van der Waals surface area contributed by atoms with Gasteiger partial charge >= 0.3 is 17.8 Å². The maximum Gasteiger partial charge on any atom is 0.328 e. The Kier molecular flexibility index (Phi) is 10.4. The zero-order valence-corrected chi connectivity index (χ0v) is 34.6. The summed E-state index contributed by atoms with van der Waals surface area (Å²) in [7, 11) is 0. The van der Waals surface area contributed by atoms with Gasteiger partial charge in [0, 0.05) is 104 Å². The van der Waals surface area contributed by atoms with E-state index in [0.717, 1.165) is 109 Å². The van der Waals surface area contributed by atoms with Crippen LogP contribution < -0.4 is 25.3 Å². The minimum Gasteiger partial charge on any atom is -0.372 e. The van der Waals surface area contributed by atoms with Crippen LogP contribution in [0.25, 0.3) is 33.2 Å². The zero-order chi connectivity index (χ0) is 41.5. The van der Waals surface area contributed by atoms with Gasteiger partial charge in [0.1, 0.15) is 12.0 Å². The van der Waals surface area contributed by atoms with Gasteiger partial charge in [0.25, 0.3) is 0 Å². The zero-order valence-electron chi connectivity index (χ0n) is 34.6. The predicted octanol–water partition coefficient (Wildman–Crippen LogP) is 6.18. The first-order chi connectivity index (χ1) is 29.0. The van der Waals surface area contributed by atoms with Crippen LogP contribution in [0.15, 0.2) is 71.5 Å². The Morgan fingerprint density at radius 2 is 1.60 bits per heavy atom. The summed E-state index contributed by atoms with van der Waals surface area (Å²) >= 11 is 0. The van der Waals surface area contributed by atoms with Crippen LogP contribution in [0.2, 0.25) is 0 Å². The highest BCUT2D eigenvalue weighted by Crippen LogP contribution is 2.35. The van der Waals surface area contributed by atoms with Crippen molar-refractivity contribution in [1.82, 2.24) is 40.6 Å². The van der Waals surface area contributed by atoms with Crippen molar-refractivity contribution in [3.8, 4) is 11.3 Å². The molecular formula is C45H51N11O4. The molecule has 0 saturated carbocycles. The van der Waals surface area contributed by atoms with Crippen LogP contribution in [-0.4, -0.2) is 100 Å². The highest BCUT2D eigenvalue weighted by Gasteiger charge is 2.28. The minimum absolute atomic E-state index is 0.0415. The summed E-state index contributed by atoms with van der Waals surface area (Å²) in [6.07, 6.45) is 4.23. The number of benzene rings is 3. The lowest BCUT2D eigenvalue weighted by molar-refractivity contribution is -0.120. The number of nitrogens with zero attached hydrogens (tertiary/aromatic N) is 8. The molecule has 15 nitrogen and oxygen atoms in total. The number of piperazine rings is 1. The molecule has 60 heavy (non-hydrogen) atoms. The van der Waals surface area contributed by atoms with E-state index in [4.69, 9.17) is 9.51 Å². The van der Waals surface area contributed by atoms with Crippen molar-refractivity contribution >= 4 is 56.8 Å². The van der Waals surface area contributed by atoms with Crippen LogP contribution in [0.1, 0.15) is 67.7 Å². The Morgan fingerprint density at radius 3 is 2.32 bits per heavy atom. The van der Waals surface area contributed by atoms with Gasteiger partial charge in [-0.1, -0.05) is 38.1 Å². The number of H-pyrrole nitrogens is 1. The highest BCUT2D eigenvalue weighted by molar-refractivity contribution is 6.12. The molecule has 6 heterocycles. The number of rotatable bonds is 9. The van der Waals surface area contributed by atoms with E-state index >= 15 is 0 Å². The summed E-state index contributed by atoms with van der Waals surface area (Å²) in [5.41, 5.74) is 8.55. The molecule has 3 aromatic carbocycles. The molecule has 0 radical (unpaired) electrons. The lowest BCUT2D eigenvalue weighted by atomic mass is 9.95. The van der Waals surface area contributed by atoms with E-state index in [1.165, 1.54) is 11.4 Å². The van der Waals surface area contributed by atoms with Gasteiger partial charge in [0.2, 0.25) is 5.91 Å². The molecule has 0 unspecified atom stereocenters. The van der Waals surface area contributed by atoms with Gasteiger partial charge < -0.3 is 24.6 Å². The van der Waals surface area contributed by atoms with Crippen molar-refractivity contribution in [2.75, 3.05) is 67.1 Å². The van der Waals surface area contributed by atoms with Crippen LogP contribution in [0, 0.1) is 12.8 Å². The van der Waals surface area contributed by atoms with Crippen LogP contribution in [-0.2, 0) is 16.8 Å². The quantitative estimate of drug-likeness (QED) is 0.153. The standard InChI is InChI=1S/C45H51N11O4/c1-28-23-30(5-6-31(28)25-46-41(58)42-51-43(52-60-42)45(2,3)4)39-38-35-24-34(11-12-36(35)49-40(38)48-27-47-39)55-21-19-53(20-22-55)26-29-13-16-54(17-14-29)32-7-9-33(10-8-32)56-18-15-37(57)50-44(56)59/h5-12,23-24,27,29H,13-22,25-26H2,1-4H3,(H,46,58)(H,47,48,49)(H,50,57,59). The molecule has 6 aromatic rings. The summed E-state index contributed by atoms with van der Waals surface area (Å²) in [6.45, 7) is 15.8. The molecule has 310 valence electrons. The number of amides is 4. The van der Waals surface area contributed by atoms with Gasteiger partial charge in [-0.15, -0.1) is 0 Å². The number of aromatic nitrogens is 5. The largest absolute Gasteiger partial charge is 0.372 e. The minimum atomic E-state index is -0.402. The third kappa shape index (κ3) is 8.01. The summed E-state index contributed by atoms with van der Waals surface area (Å²) in [5, 5.41) is 11.4. The number of aromatic amines is 1. The van der Waals surface area contributed by atoms with E-state index in [0.29, 0.717) is 31.3 Å². The lowest BCUT2D eigenvalue weighted by Crippen LogP contribution is -2.49. The van der Waals surface area contributed by atoms with Gasteiger partial charge in [-0.3, -0.25) is 24.7 Å². The molecule has 9 rings (SSSR count). The van der Waals surface area contributed by atoms with Gasteiger partial charge in [0.15, 0.2) is 5.82 Å². The Balaban J connectivity index is 0.807. The number of nitrogens with one attached hydrogen (secondary N) is 3. The number of carbonyl (C=O) groups excluding carboxylic acids is 3. The Labute approximate surface area is 348 Å². The van der Waals surface area contributed by atoms with Crippen molar-refractivity contribution in [3.05, 3.63) is 89.8 Å². The fraction of sp³-hybridized carbons (Fsp3) is 0.400. The second-order valence-corrected chi connectivity index (χ2v) is 17.3. The molecule has 0 bridgehead atoms. The molecule has 0 atom stereocenters. The number of aryl methyl sites for hydroxylation is 1. The monoisotopic (exact) mass is 809 g/mol. The second-order valence-electron chi connectivity index (χ2n) is 17.3. The molecule has 4 amide bonds. The van der Waals surface area contributed by atoms with E-state index in [-0.39, 0.29) is 23.2 Å². The van der Waals surface area contributed by atoms with E-state index in [1.807, 2.05) is 52.0 Å². The number of urea groups is 1. The first-order valence-electron chi connectivity index (χ1n) is 20.9. The topological polar surface area (TPSA) is 169 Å². The summed E-state index contributed by atoms with van der Waals surface area (Å²) in [4.78, 5) is 63.0. The van der Waals surface area contributed by atoms with E-state index in [1.54, 1.807) is 11.2 Å². The molecule has 3 N–H and O–H groups in total.